The number of hydrogen-bond acceptors (Lipinski definition) is 4. The van der Waals surface area contributed by atoms with Crippen molar-refractivity contribution in [3.05, 3.63) is 39.4 Å². The van der Waals surface area contributed by atoms with E-state index in [9.17, 15) is 23.3 Å². The van der Waals surface area contributed by atoms with Crippen molar-refractivity contribution in [1.29, 1.82) is 0 Å². The molecule has 0 radical (unpaired) electrons. The molecule has 1 saturated heterocycles. The number of nitro benzene ring substituents is 1. The summed E-state index contributed by atoms with van der Waals surface area (Å²) in [4.78, 5) is 11.0. The summed E-state index contributed by atoms with van der Waals surface area (Å²) in [5.41, 5.74) is -2.63. The summed E-state index contributed by atoms with van der Waals surface area (Å²) in [5, 5.41) is 13.7. The molecule has 1 aliphatic heterocycles. The molecule has 2 rings (SSSR count). The fourth-order valence-corrected chi connectivity index (χ4v) is 1.92. The van der Waals surface area contributed by atoms with E-state index in [4.69, 9.17) is 2.74 Å². The third-order valence-electron chi connectivity index (χ3n) is 2.91. The van der Waals surface area contributed by atoms with Gasteiger partial charge in [0.15, 0.2) is 0 Å². The maximum Gasteiger partial charge on any atom is 0.416 e. The number of nitrogens with zero attached hydrogens (tertiary/aromatic N) is 2. The van der Waals surface area contributed by atoms with Gasteiger partial charge < -0.3 is 5.32 Å². The fourth-order valence-electron chi connectivity index (χ4n) is 1.92. The first-order valence-corrected chi connectivity index (χ1v) is 5.96. The quantitative estimate of drug-likeness (QED) is 0.684. The number of hydrogen-bond donors (Lipinski definition) is 1. The summed E-state index contributed by atoms with van der Waals surface area (Å²) in [6, 6.07) is 2.13. The molecule has 20 heavy (non-hydrogen) atoms. The molecule has 0 aromatic heterocycles. The second-order valence-electron chi connectivity index (χ2n) is 4.33. The first-order valence-electron chi connectivity index (χ1n) is 6.96. The minimum absolute atomic E-state index is 0.251. The van der Waals surface area contributed by atoms with E-state index in [0.29, 0.717) is 19.2 Å². The monoisotopic (exact) mass is 291 g/mol. The molecule has 0 spiro atoms. The predicted octanol–water partition coefficient (Wildman–Crippen LogP) is 2.02. The zero-order valence-corrected chi connectivity index (χ0v) is 10.4. The zero-order chi connectivity index (χ0) is 16.5. The first kappa shape index (κ1) is 12.1. The molecule has 0 saturated carbocycles. The Hall–Kier alpha value is -1.67. The standard InChI is InChI=1S/C12H14F3N3O2/c13-12(14,15)11-7-10(18(19)20)2-1-9(11)8-17-5-3-16-4-6-17/h1-2,7,16H,3-6,8H2/i8D2. The van der Waals surface area contributed by atoms with Gasteiger partial charge in [0.2, 0.25) is 0 Å². The van der Waals surface area contributed by atoms with Crippen molar-refractivity contribution in [3.8, 4) is 0 Å². The Kier molecular flexibility index (Phi) is 3.48. The molecule has 1 aromatic carbocycles. The van der Waals surface area contributed by atoms with Crippen molar-refractivity contribution < 1.29 is 20.8 Å². The molecule has 0 aliphatic carbocycles. The van der Waals surface area contributed by atoms with E-state index >= 15 is 0 Å². The third-order valence-corrected chi connectivity index (χ3v) is 2.91. The molecule has 5 nitrogen and oxygen atoms in total. The second kappa shape index (κ2) is 5.76. The van der Waals surface area contributed by atoms with Gasteiger partial charge in [0.1, 0.15) is 0 Å². The SMILES string of the molecule is [2H]C([2H])(c1ccc([N+](=O)[O-])cc1C(F)(F)F)N1CCNCC1. The maximum absolute atomic E-state index is 13.2. The normalized spacial score (nSPS) is 19.4. The minimum Gasteiger partial charge on any atom is -0.314 e. The van der Waals surface area contributed by atoms with Crippen LogP contribution in [-0.4, -0.2) is 36.0 Å². The van der Waals surface area contributed by atoms with Crippen molar-refractivity contribution in [3.63, 3.8) is 0 Å². The van der Waals surface area contributed by atoms with E-state index < -0.39 is 34.4 Å². The third kappa shape index (κ3) is 3.45. The molecule has 0 bridgehead atoms. The number of non-ortho nitro benzene ring substituents is 1. The molecule has 0 amide bonds. The smallest absolute Gasteiger partial charge is 0.314 e. The Morgan fingerprint density at radius 3 is 2.60 bits per heavy atom. The highest BCUT2D eigenvalue weighted by molar-refractivity contribution is 5.41. The molecule has 1 aliphatic rings. The van der Waals surface area contributed by atoms with Crippen LogP contribution in [0.1, 0.15) is 13.9 Å². The van der Waals surface area contributed by atoms with Crippen LogP contribution >= 0.6 is 0 Å². The molecule has 110 valence electrons. The molecular weight excluding hydrogens is 275 g/mol. The molecule has 8 heteroatoms. The molecule has 1 heterocycles. The highest BCUT2D eigenvalue weighted by Crippen LogP contribution is 2.34. The lowest BCUT2D eigenvalue weighted by Gasteiger charge is -2.28. The van der Waals surface area contributed by atoms with E-state index in [1.54, 1.807) is 0 Å². The Balaban J connectivity index is 2.50. The topological polar surface area (TPSA) is 58.4 Å². The van der Waals surface area contributed by atoms with Crippen LogP contribution in [0.25, 0.3) is 0 Å². The zero-order valence-electron chi connectivity index (χ0n) is 12.4. The molecule has 1 N–H and O–H groups in total. The van der Waals surface area contributed by atoms with Gasteiger partial charge in [-0.2, -0.15) is 13.2 Å². The number of halogens is 3. The van der Waals surface area contributed by atoms with E-state index in [-0.39, 0.29) is 13.1 Å². The van der Waals surface area contributed by atoms with Crippen molar-refractivity contribution in [2.75, 3.05) is 26.2 Å². The average molecular weight is 291 g/mol. The van der Waals surface area contributed by atoms with Crippen LogP contribution in [0.15, 0.2) is 18.2 Å². The van der Waals surface area contributed by atoms with E-state index in [1.807, 2.05) is 0 Å². The van der Waals surface area contributed by atoms with Crippen LogP contribution in [0, 0.1) is 10.1 Å². The highest BCUT2D eigenvalue weighted by Gasteiger charge is 2.35. The van der Waals surface area contributed by atoms with Crippen molar-refractivity contribution in [2.24, 2.45) is 0 Å². The lowest BCUT2D eigenvalue weighted by Crippen LogP contribution is -2.43. The Labute approximate surface area is 116 Å². The largest absolute Gasteiger partial charge is 0.416 e. The van der Waals surface area contributed by atoms with Gasteiger partial charge in [-0.3, -0.25) is 15.0 Å². The van der Waals surface area contributed by atoms with E-state index in [2.05, 4.69) is 5.32 Å². The van der Waals surface area contributed by atoms with Crippen LogP contribution < -0.4 is 5.32 Å². The van der Waals surface area contributed by atoms with Gasteiger partial charge in [0, 0.05) is 47.6 Å². The molecule has 1 fully saturated rings. The predicted molar refractivity (Wildman–Crippen MR) is 66.2 cm³/mol. The average Bonchev–Trinajstić information content (AvgIpc) is 2.46. The van der Waals surface area contributed by atoms with Crippen LogP contribution in [0.2, 0.25) is 0 Å². The van der Waals surface area contributed by atoms with Gasteiger partial charge in [0.25, 0.3) is 5.69 Å². The highest BCUT2D eigenvalue weighted by atomic mass is 19.4. The molecule has 0 atom stereocenters. The van der Waals surface area contributed by atoms with Gasteiger partial charge in [-0.05, 0) is 5.56 Å². The van der Waals surface area contributed by atoms with Crippen molar-refractivity contribution in [2.45, 2.75) is 12.7 Å². The lowest BCUT2D eigenvalue weighted by atomic mass is 10.1. The number of rotatable bonds is 3. The number of nitrogens with one attached hydrogen (secondary N) is 1. The summed E-state index contributed by atoms with van der Waals surface area (Å²) >= 11 is 0. The van der Waals surface area contributed by atoms with Crippen LogP contribution in [0.3, 0.4) is 0 Å². The van der Waals surface area contributed by atoms with Crippen LogP contribution in [-0.2, 0) is 12.7 Å². The maximum atomic E-state index is 13.2. The summed E-state index contributed by atoms with van der Waals surface area (Å²) in [6.07, 6.45) is -4.87. The van der Waals surface area contributed by atoms with Crippen molar-refractivity contribution in [1.82, 2.24) is 10.2 Å². The number of nitro groups is 1. The van der Waals surface area contributed by atoms with Gasteiger partial charge in [-0.15, -0.1) is 0 Å². The minimum atomic E-state index is -4.87. The molecule has 1 aromatic rings. The van der Waals surface area contributed by atoms with Crippen LogP contribution in [0.4, 0.5) is 18.9 Å². The molecular formula is C12H14F3N3O2. The fraction of sp³-hybridized carbons (Fsp3) is 0.500. The summed E-state index contributed by atoms with van der Waals surface area (Å²) < 4.78 is 55.6. The number of piperazine rings is 1. The van der Waals surface area contributed by atoms with Gasteiger partial charge in [0.05, 0.1) is 10.5 Å². The van der Waals surface area contributed by atoms with Crippen LogP contribution in [0.5, 0.6) is 0 Å². The first-order chi connectivity index (χ1) is 10.1. The van der Waals surface area contributed by atoms with Crippen molar-refractivity contribution >= 4 is 5.69 Å². The van der Waals surface area contributed by atoms with Gasteiger partial charge in [-0.1, -0.05) is 6.07 Å². The Morgan fingerprint density at radius 1 is 1.40 bits per heavy atom. The Bertz CT molecular complexity index is 575. The van der Waals surface area contributed by atoms with Gasteiger partial charge in [-0.25, -0.2) is 0 Å². The lowest BCUT2D eigenvalue weighted by molar-refractivity contribution is -0.385. The second-order valence-corrected chi connectivity index (χ2v) is 4.33. The summed E-state index contributed by atoms with van der Waals surface area (Å²) in [7, 11) is 0. The number of benzene rings is 1. The summed E-state index contributed by atoms with van der Waals surface area (Å²) in [5.74, 6) is 0. The van der Waals surface area contributed by atoms with Gasteiger partial charge >= 0.3 is 6.18 Å². The Morgan fingerprint density at radius 2 is 2.05 bits per heavy atom. The van der Waals surface area contributed by atoms with E-state index in [1.165, 1.54) is 4.90 Å². The van der Waals surface area contributed by atoms with E-state index in [0.717, 1.165) is 12.1 Å². The molecule has 0 unspecified atom stereocenters. The number of alkyl halides is 3. The summed E-state index contributed by atoms with van der Waals surface area (Å²) in [6.45, 7) is -0.924.